The molecule has 0 unspecified atom stereocenters. The standard InChI is InChI=1S/C27H23ClFN3O2S/c1-16-7-12-19(13-21(16)28)32-23(33)15-35-27-24(20-5-3-4-6-22(20)31(27)2)25(32)26(34)30-14-17-8-10-18(29)11-9-17/h3-13,25H,14-15H2,1-2H3,(H,30,34)/t25-/m1/s1. The number of anilines is 1. The van der Waals surface area contributed by atoms with Gasteiger partial charge in [-0.05, 0) is 48.4 Å². The fourth-order valence-electron chi connectivity index (χ4n) is 4.47. The van der Waals surface area contributed by atoms with Crippen LogP contribution in [0.15, 0.2) is 71.8 Å². The average molecular weight is 508 g/mol. The van der Waals surface area contributed by atoms with Crippen LogP contribution in [0.1, 0.15) is 22.7 Å². The van der Waals surface area contributed by atoms with E-state index < -0.39 is 6.04 Å². The van der Waals surface area contributed by atoms with Crippen LogP contribution in [-0.4, -0.2) is 22.1 Å². The highest BCUT2D eigenvalue weighted by molar-refractivity contribution is 8.00. The van der Waals surface area contributed by atoms with Crippen LogP contribution < -0.4 is 10.2 Å². The van der Waals surface area contributed by atoms with Gasteiger partial charge in [0.15, 0.2) is 0 Å². The highest BCUT2D eigenvalue weighted by atomic mass is 35.5. The fourth-order valence-corrected chi connectivity index (χ4v) is 5.72. The van der Waals surface area contributed by atoms with Crippen LogP contribution in [0.2, 0.25) is 5.02 Å². The number of rotatable bonds is 4. The number of amides is 2. The van der Waals surface area contributed by atoms with Crippen LogP contribution in [0, 0.1) is 12.7 Å². The predicted molar refractivity (Wildman–Crippen MR) is 138 cm³/mol. The molecule has 8 heteroatoms. The first-order valence-corrected chi connectivity index (χ1v) is 12.5. The third-order valence-corrected chi connectivity index (χ3v) is 7.85. The second-order valence-corrected chi connectivity index (χ2v) is 9.90. The van der Waals surface area contributed by atoms with Gasteiger partial charge in [-0.15, -0.1) is 0 Å². The van der Waals surface area contributed by atoms with Gasteiger partial charge in [0.1, 0.15) is 11.9 Å². The van der Waals surface area contributed by atoms with E-state index in [9.17, 15) is 14.0 Å². The van der Waals surface area contributed by atoms with Crippen molar-refractivity contribution in [1.82, 2.24) is 9.88 Å². The Labute approximate surface area is 211 Å². The van der Waals surface area contributed by atoms with Gasteiger partial charge in [-0.25, -0.2) is 4.39 Å². The SMILES string of the molecule is Cc1ccc(N2C(=O)CSc3c(c4ccccc4n3C)[C@@H]2C(=O)NCc2ccc(F)cc2)cc1Cl. The van der Waals surface area contributed by atoms with E-state index in [1.54, 1.807) is 23.1 Å². The second-order valence-electron chi connectivity index (χ2n) is 8.53. The van der Waals surface area contributed by atoms with Gasteiger partial charge in [0.05, 0.1) is 10.8 Å². The number of aromatic nitrogens is 1. The van der Waals surface area contributed by atoms with Gasteiger partial charge < -0.3 is 9.88 Å². The highest BCUT2D eigenvalue weighted by Gasteiger charge is 2.39. The van der Waals surface area contributed by atoms with Gasteiger partial charge in [-0.3, -0.25) is 14.5 Å². The zero-order chi connectivity index (χ0) is 24.7. The summed E-state index contributed by atoms with van der Waals surface area (Å²) in [4.78, 5) is 28.9. The van der Waals surface area contributed by atoms with E-state index in [1.807, 2.05) is 54.9 Å². The molecule has 5 nitrogen and oxygen atoms in total. The van der Waals surface area contributed by atoms with Crippen molar-refractivity contribution in [1.29, 1.82) is 0 Å². The summed E-state index contributed by atoms with van der Waals surface area (Å²) >= 11 is 7.85. The topological polar surface area (TPSA) is 54.3 Å². The molecule has 3 aromatic carbocycles. The van der Waals surface area contributed by atoms with Crippen molar-refractivity contribution in [3.63, 3.8) is 0 Å². The summed E-state index contributed by atoms with van der Waals surface area (Å²) in [6.07, 6.45) is 0. The molecule has 0 radical (unpaired) electrons. The first-order valence-electron chi connectivity index (χ1n) is 11.2. The van der Waals surface area contributed by atoms with Crippen LogP contribution in [0.5, 0.6) is 0 Å². The molecule has 1 aromatic heterocycles. The number of aryl methyl sites for hydroxylation is 2. The quantitative estimate of drug-likeness (QED) is 0.381. The Bertz CT molecular complexity index is 1450. The summed E-state index contributed by atoms with van der Waals surface area (Å²) in [5.74, 6) is -0.657. The third-order valence-electron chi connectivity index (χ3n) is 6.29. The van der Waals surface area contributed by atoms with E-state index in [4.69, 9.17) is 11.6 Å². The van der Waals surface area contributed by atoms with Gasteiger partial charge in [-0.2, -0.15) is 0 Å². The molecule has 0 saturated carbocycles. The summed E-state index contributed by atoms with van der Waals surface area (Å²) in [7, 11) is 1.95. The van der Waals surface area contributed by atoms with E-state index in [0.29, 0.717) is 10.7 Å². The number of benzene rings is 3. The van der Waals surface area contributed by atoms with Crippen LogP contribution in [0.4, 0.5) is 10.1 Å². The van der Waals surface area contributed by atoms with E-state index in [0.717, 1.165) is 32.6 Å². The minimum absolute atomic E-state index is 0.183. The average Bonchev–Trinajstić information content (AvgIpc) is 3.03. The molecule has 1 aliphatic rings. The number of carbonyl (C=O) groups is 2. The summed E-state index contributed by atoms with van der Waals surface area (Å²) in [5, 5.41) is 5.29. The van der Waals surface area contributed by atoms with E-state index >= 15 is 0 Å². The summed E-state index contributed by atoms with van der Waals surface area (Å²) < 4.78 is 15.4. The zero-order valence-electron chi connectivity index (χ0n) is 19.2. The number of fused-ring (bicyclic) bond motifs is 3. The Balaban J connectivity index is 1.64. The first kappa shape index (κ1) is 23.5. The van der Waals surface area contributed by atoms with E-state index in [-0.39, 0.29) is 29.9 Å². The van der Waals surface area contributed by atoms with Crippen LogP contribution in [0.3, 0.4) is 0 Å². The molecule has 1 N–H and O–H groups in total. The predicted octanol–water partition coefficient (Wildman–Crippen LogP) is 5.78. The number of para-hydroxylation sites is 1. The van der Waals surface area contributed by atoms with Crippen molar-refractivity contribution in [3.05, 3.63) is 94.3 Å². The number of nitrogens with zero attached hydrogens (tertiary/aromatic N) is 2. The van der Waals surface area contributed by atoms with Crippen molar-refractivity contribution < 1.29 is 14.0 Å². The lowest BCUT2D eigenvalue weighted by Crippen LogP contribution is -2.43. The smallest absolute Gasteiger partial charge is 0.248 e. The number of nitrogens with one attached hydrogen (secondary N) is 1. The number of halogens is 2. The van der Waals surface area contributed by atoms with E-state index in [1.165, 1.54) is 23.9 Å². The molecule has 2 amide bonds. The molecule has 1 aliphatic heterocycles. The van der Waals surface area contributed by atoms with Gasteiger partial charge in [-0.1, -0.05) is 59.8 Å². The minimum atomic E-state index is -0.905. The molecular weight excluding hydrogens is 485 g/mol. The molecule has 5 rings (SSSR count). The normalized spacial score (nSPS) is 15.7. The Morgan fingerprint density at radius 3 is 2.63 bits per heavy atom. The molecule has 1 atom stereocenters. The minimum Gasteiger partial charge on any atom is -0.350 e. The molecule has 0 saturated heterocycles. The largest absolute Gasteiger partial charge is 0.350 e. The number of carbonyl (C=O) groups excluding carboxylic acids is 2. The van der Waals surface area contributed by atoms with E-state index in [2.05, 4.69) is 5.32 Å². The zero-order valence-corrected chi connectivity index (χ0v) is 20.8. The van der Waals surface area contributed by atoms with Crippen molar-refractivity contribution >= 4 is 51.8 Å². The maximum absolute atomic E-state index is 13.9. The molecule has 0 fully saturated rings. The Morgan fingerprint density at radius 1 is 1.14 bits per heavy atom. The molecule has 178 valence electrons. The third kappa shape index (κ3) is 4.30. The monoisotopic (exact) mass is 507 g/mol. The lowest BCUT2D eigenvalue weighted by molar-refractivity contribution is -0.125. The number of hydrogen-bond donors (Lipinski definition) is 1. The fraction of sp³-hybridized carbons (Fsp3) is 0.185. The maximum atomic E-state index is 13.9. The summed E-state index contributed by atoms with van der Waals surface area (Å²) in [6.45, 7) is 2.10. The molecule has 0 aliphatic carbocycles. The Morgan fingerprint density at radius 2 is 1.89 bits per heavy atom. The lowest BCUT2D eigenvalue weighted by atomic mass is 10.0. The number of thioether (sulfide) groups is 1. The molecular formula is C27H23ClFN3O2S. The molecule has 0 spiro atoms. The molecule has 4 aromatic rings. The van der Waals surface area contributed by atoms with Crippen molar-refractivity contribution in [2.45, 2.75) is 24.5 Å². The van der Waals surface area contributed by atoms with Crippen LogP contribution in [-0.2, 0) is 23.2 Å². The van der Waals surface area contributed by atoms with Crippen molar-refractivity contribution in [2.24, 2.45) is 7.05 Å². The van der Waals surface area contributed by atoms with Crippen LogP contribution >= 0.6 is 23.4 Å². The van der Waals surface area contributed by atoms with Gasteiger partial charge in [0, 0.05) is 40.8 Å². The Kier molecular flexibility index (Phi) is 6.30. The molecule has 35 heavy (non-hydrogen) atoms. The molecule has 2 heterocycles. The second kappa shape index (κ2) is 9.40. The van der Waals surface area contributed by atoms with Crippen molar-refractivity contribution in [2.75, 3.05) is 10.7 Å². The van der Waals surface area contributed by atoms with Gasteiger partial charge in [0.2, 0.25) is 11.8 Å². The summed E-state index contributed by atoms with van der Waals surface area (Å²) in [5.41, 5.74) is 3.98. The maximum Gasteiger partial charge on any atom is 0.248 e. The highest BCUT2D eigenvalue weighted by Crippen LogP contribution is 2.43. The molecule has 0 bridgehead atoms. The summed E-state index contributed by atoms with van der Waals surface area (Å²) in [6, 6.07) is 18.3. The Hall–Kier alpha value is -3.29. The van der Waals surface area contributed by atoms with Crippen molar-refractivity contribution in [3.8, 4) is 0 Å². The first-order chi connectivity index (χ1) is 16.8. The van der Waals surface area contributed by atoms with Crippen LogP contribution in [0.25, 0.3) is 10.9 Å². The number of hydrogen-bond acceptors (Lipinski definition) is 3. The van der Waals surface area contributed by atoms with Gasteiger partial charge in [0.25, 0.3) is 0 Å². The van der Waals surface area contributed by atoms with Gasteiger partial charge >= 0.3 is 0 Å². The lowest BCUT2D eigenvalue weighted by Gasteiger charge is -2.30.